The number of benzene rings is 1. The molecule has 0 saturated heterocycles. The number of nitrogens with zero attached hydrogens (tertiary/aromatic N) is 2. The van der Waals surface area contributed by atoms with Crippen molar-refractivity contribution in [2.24, 2.45) is 0 Å². The molecule has 0 aliphatic rings. The van der Waals surface area contributed by atoms with Crippen LogP contribution in [0, 0.1) is 6.92 Å². The van der Waals surface area contributed by atoms with E-state index < -0.39 is 30.1 Å². The highest BCUT2D eigenvalue weighted by Crippen LogP contribution is 2.38. The van der Waals surface area contributed by atoms with E-state index in [4.69, 9.17) is 16.3 Å². The van der Waals surface area contributed by atoms with Gasteiger partial charge in [0.15, 0.2) is 6.10 Å². The molecule has 12 heteroatoms. The minimum absolute atomic E-state index is 0.00604. The summed E-state index contributed by atoms with van der Waals surface area (Å²) in [4.78, 5) is 31.5. The first-order valence-corrected chi connectivity index (χ1v) is 12.1. The van der Waals surface area contributed by atoms with Gasteiger partial charge in [0.2, 0.25) is 5.88 Å². The SMILES string of the molecule is CCc1ccc(COc2ncc(-c3sc4c(c3C)c(=O)[nH]c(=O)n4CC(O)C(F)(F)F)cc2Cl)cc1. The number of hydrogen-bond donors (Lipinski definition) is 2. The summed E-state index contributed by atoms with van der Waals surface area (Å²) in [6.07, 6.45) is -5.30. The summed E-state index contributed by atoms with van der Waals surface area (Å²) in [5, 5.41) is 9.75. The van der Waals surface area contributed by atoms with Crippen LogP contribution in [0.15, 0.2) is 46.1 Å². The predicted molar refractivity (Wildman–Crippen MR) is 132 cm³/mol. The van der Waals surface area contributed by atoms with Gasteiger partial charge in [-0.05, 0) is 36.1 Å². The molecule has 3 aromatic heterocycles. The summed E-state index contributed by atoms with van der Waals surface area (Å²) in [6, 6.07) is 9.50. The molecule has 1 atom stereocenters. The quantitative estimate of drug-likeness (QED) is 0.350. The maximum atomic E-state index is 12.9. The van der Waals surface area contributed by atoms with E-state index in [9.17, 15) is 27.9 Å². The Morgan fingerprint density at radius 2 is 1.89 bits per heavy atom. The van der Waals surface area contributed by atoms with Crippen molar-refractivity contribution in [1.29, 1.82) is 0 Å². The van der Waals surface area contributed by atoms with Crippen molar-refractivity contribution in [3.63, 3.8) is 0 Å². The smallest absolute Gasteiger partial charge is 0.416 e. The maximum Gasteiger partial charge on any atom is 0.416 e. The molecule has 4 aromatic rings. The van der Waals surface area contributed by atoms with Gasteiger partial charge in [0.05, 0.1) is 11.9 Å². The molecule has 7 nitrogen and oxygen atoms in total. The third kappa shape index (κ3) is 5.18. The first-order chi connectivity index (χ1) is 17.0. The van der Waals surface area contributed by atoms with Crippen molar-refractivity contribution in [2.75, 3.05) is 0 Å². The molecule has 3 heterocycles. The highest BCUT2D eigenvalue weighted by molar-refractivity contribution is 7.22. The average molecular weight is 540 g/mol. The highest BCUT2D eigenvalue weighted by atomic mass is 35.5. The number of pyridine rings is 1. The molecule has 0 amide bonds. The van der Waals surface area contributed by atoms with Crippen molar-refractivity contribution in [3.05, 3.63) is 79.1 Å². The zero-order valence-electron chi connectivity index (χ0n) is 19.1. The predicted octanol–water partition coefficient (Wildman–Crippen LogP) is 4.84. The molecule has 190 valence electrons. The average Bonchev–Trinajstić information content (AvgIpc) is 3.18. The number of aromatic amines is 1. The molecule has 4 rings (SSSR count). The van der Waals surface area contributed by atoms with Crippen LogP contribution in [0.2, 0.25) is 5.02 Å². The summed E-state index contributed by atoms with van der Waals surface area (Å²) in [5.41, 5.74) is 1.29. The molecular weight excluding hydrogens is 519 g/mol. The zero-order chi connectivity index (χ0) is 26.2. The Labute approximate surface area is 211 Å². The Balaban J connectivity index is 1.67. The van der Waals surface area contributed by atoms with E-state index in [0.717, 1.165) is 23.3 Å². The van der Waals surface area contributed by atoms with E-state index in [1.807, 2.05) is 29.2 Å². The Bertz CT molecular complexity index is 1530. The van der Waals surface area contributed by atoms with Crippen LogP contribution >= 0.6 is 22.9 Å². The monoisotopic (exact) mass is 539 g/mol. The van der Waals surface area contributed by atoms with Crippen LogP contribution in [-0.2, 0) is 19.6 Å². The lowest BCUT2D eigenvalue weighted by molar-refractivity contribution is -0.207. The van der Waals surface area contributed by atoms with Crippen LogP contribution in [0.4, 0.5) is 13.2 Å². The number of fused-ring (bicyclic) bond motifs is 1. The van der Waals surface area contributed by atoms with Gasteiger partial charge in [-0.3, -0.25) is 14.3 Å². The number of H-pyrrole nitrogens is 1. The molecule has 0 aliphatic heterocycles. The second kappa shape index (κ2) is 10.1. The first-order valence-electron chi connectivity index (χ1n) is 10.9. The van der Waals surface area contributed by atoms with Gasteiger partial charge in [0, 0.05) is 16.6 Å². The number of aryl methyl sites for hydroxylation is 2. The van der Waals surface area contributed by atoms with E-state index in [1.165, 1.54) is 11.8 Å². The zero-order valence-corrected chi connectivity index (χ0v) is 20.7. The Kier molecular flexibility index (Phi) is 7.26. The number of ether oxygens (including phenoxy) is 1. The topological polar surface area (TPSA) is 97.2 Å². The van der Waals surface area contributed by atoms with Crippen LogP contribution in [0.5, 0.6) is 5.88 Å². The van der Waals surface area contributed by atoms with Crippen molar-refractivity contribution in [2.45, 2.75) is 45.7 Å². The lowest BCUT2D eigenvalue weighted by atomic mass is 10.1. The molecule has 0 aliphatic carbocycles. The summed E-state index contributed by atoms with van der Waals surface area (Å²) < 4.78 is 45.2. The first kappa shape index (κ1) is 25.9. The van der Waals surface area contributed by atoms with Crippen LogP contribution in [0.25, 0.3) is 20.7 Å². The maximum absolute atomic E-state index is 12.9. The molecule has 0 bridgehead atoms. The Hall–Kier alpha value is -3.15. The van der Waals surface area contributed by atoms with Crippen LogP contribution in [0.3, 0.4) is 0 Å². The van der Waals surface area contributed by atoms with Crippen LogP contribution in [-0.4, -0.2) is 31.9 Å². The lowest BCUT2D eigenvalue weighted by Crippen LogP contribution is -2.38. The van der Waals surface area contributed by atoms with E-state index in [-0.39, 0.29) is 27.7 Å². The van der Waals surface area contributed by atoms with Gasteiger partial charge in [0.1, 0.15) is 16.5 Å². The van der Waals surface area contributed by atoms with Gasteiger partial charge < -0.3 is 9.84 Å². The third-order valence-electron chi connectivity index (χ3n) is 5.68. The highest BCUT2D eigenvalue weighted by Gasteiger charge is 2.39. The van der Waals surface area contributed by atoms with E-state index in [0.29, 0.717) is 20.6 Å². The molecule has 0 radical (unpaired) electrons. The molecular formula is C24H21ClF3N3O4S. The van der Waals surface area contributed by atoms with Gasteiger partial charge >= 0.3 is 11.9 Å². The largest absolute Gasteiger partial charge is 0.472 e. The minimum atomic E-state index is -4.93. The number of thiophene rings is 1. The van der Waals surface area contributed by atoms with E-state index >= 15 is 0 Å². The summed E-state index contributed by atoms with van der Waals surface area (Å²) >= 11 is 7.32. The second-order valence-electron chi connectivity index (χ2n) is 8.13. The molecule has 1 unspecified atom stereocenters. The number of nitrogens with one attached hydrogen (secondary N) is 1. The molecule has 2 N–H and O–H groups in total. The molecule has 1 aromatic carbocycles. The van der Waals surface area contributed by atoms with Crippen molar-refractivity contribution < 1.29 is 23.0 Å². The molecule has 36 heavy (non-hydrogen) atoms. The summed E-state index contributed by atoms with van der Waals surface area (Å²) in [5.74, 6) is 0.196. The van der Waals surface area contributed by atoms with Gasteiger partial charge in [-0.1, -0.05) is 42.8 Å². The number of halogens is 4. The van der Waals surface area contributed by atoms with Crippen LogP contribution in [0.1, 0.15) is 23.6 Å². The molecule has 0 spiro atoms. The van der Waals surface area contributed by atoms with Gasteiger partial charge in [0.25, 0.3) is 5.56 Å². The van der Waals surface area contributed by atoms with E-state index in [2.05, 4.69) is 11.9 Å². The molecule has 0 saturated carbocycles. The normalized spacial score (nSPS) is 12.8. The minimum Gasteiger partial charge on any atom is -0.472 e. The second-order valence-corrected chi connectivity index (χ2v) is 9.54. The standard InChI is InChI=1S/C24H21ClF3N3O4S/c1-3-13-4-6-14(7-5-13)11-35-21-16(25)8-15(9-29-21)19-12(2)18-20(33)30-23(34)31(22(18)36-19)10-17(32)24(26,27)28/h4-9,17,32H,3,10-11H2,1-2H3,(H,30,33,34). The number of aliphatic hydroxyl groups is 1. The van der Waals surface area contributed by atoms with Gasteiger partial charge in [-0.2, -0.15) is 13.2 Å². The van der Waals surface area contributed by atoms with Crippen molar-refractivity contribution in [3.8, 4) is 16.3 Å². The van der Waals surface area contributed by atoms with Crippen molar-refractivity contribution in [1.82, 2.24) is 14.5 Å². The number of aliphatic hydroxyl groups excluding tert-OH is 1. The fraction of sp³-hybridized carbons (Fsp3) is 0.292. The number of hydrogen-bond acceptors (Lipinski definition) is 6. The number of aromatic nitrogens is 3. The Morgan fingerprint density at radius 1 is 1.22 bits per heavy atom. The summed E-state index contributed by atoms with van der Waals surface area (Å²) in [6.45, 7) is 2.87. The molecule has 0 fully saturated rings. The third-order valence-corrected chi connectivity index (χ3v) is 7.31. The van der Waals surface area contributed by atoms with Crippen LogP contribution < -0.4 is 16.0 Å². The lowest BCUT2D eigenvalue weighted by Gasteiger charge is -2.15. The Morgan fingerprint density at radius 3 is 2.50 bits per heavy atom. The van der Waals surface area contributed by atoms with Gasteiger partial charge in [-0.25, -0.2) is 9.78 Å². The number of alkyl halides is 3. The number of rotatable bonds is 7. The van der Waals surface area contributed by atoms with Crippen molar-refractivity contribution >= 4 is 33.2 Å². The fourth-order valence-corrected chi connectivity index (χ4v) is 5.19. The van der Waals surface area contributed by atoms with E-state index in [1.54, 1.807) is 13.0 Å². The summed E-state index contributed by atoms with van der Waals surface area (Å²) in [7, 11) is 0. The fourth-order valence-electron chi connectivity index (χ4n) is 3.67. The van der Waals surface area contributed by atoms with Gasteiger partial charge in [-0.15, -0.1) is 11.3 Å².